The van der Waals surface area contributed by atoms with Crippen LogP contribution in [0.15, 0.2) is 22.7 Å². The van der Waals surface area contributed by atoms with Crippen molar-refractivity contribution in [1.82, 2.24) is 20.0 Å². The van der Waals surface area contributed by atoms with Crippen molar-refractivity contribution < 1.29 is 4.74 Å². The lowest BCUT2D eigenvalue weighted by Crippen LogP contribution is -2.17. The highest BCUT2D eigenvalue weighted by atomic mass is 79.9. The lowest BCUT2D eigenvalue weighted by molar-refractivity contribution is 0.148. The highest BCUT2D eigenvalue weighted by Crippen LogP contribution is 2.40. The molecule has 3 aromatic rings. The summed E-state index contributed by atoms with van der Waals surface area (Å²) in [6.07, 6.45) is 1.94. The summed E-state index contributed by atoms with van der Waals surface area (Å²) in [5, 5.41) is 8.98. The Labute approximate surface area is 167 Å². The molecule has 27 heavy (non-hydrogen) atoms. The molecule has 6 nitrogen and oxygen atoms in total. The van der Waals surface area contributed by atoms with Crippen LogP contribution in [0.4, 0.5) is 11.5 Å². The molecule has 142 valence electrons. The van der Waals surface area contributed by atoms with Crippen LogP contribution < -0.4 is 4.90 Å². The molecule has 3 heterocycles. The summed E-state index contributed by atoms with van der Waals surface area (Å²) in [6, 6.07) is 6.60. The average Bonchev–Trinajstić information content (AvgIpc) is 3.23. The van der Waals surface area contributed by atoms with Crippen LogP contribution in [0.3, 0.4) is 0 Å². The summed E-state index contributed by atoms with van der Waals surface area (Å²) < 4.78 is 8.50. The Balaban J connectivity index is 1.87. The molecule has 0 spiro atoms. The van der Waals surface area contributed by atoms with Crippen LogP contribution in [0.2, 0.25) is 0 Å². The van der Waals surface area contributed by atoms with E-state index < -0.39 is 0 Å². The largest absolute Gasteiger partial charge is 0.382 e. The van der Waals surface area contributed by atoms with Crippen LogP contribution in [0.1, 0.15) is 36.2 Å². The summed E-state index contributed by atoms with van der Waals surface area (Å²) in [5.74, 6) is 0.896. The summed E-state index contributed by atoms with van der Waals surface area (Å²) in [4.78, 5) is 7.15. The van der Waals surface area contributed by atoms with E-state index in [9.17, 15) is 0 Å². The monoisotopic (exact) mass is 429 g/mol. The quantitative estimate of drug-likeness (QED) is 0.597. The lowest BCUT2D eigenvalue weighted by Gasteiger charge is -2.21. The highest BCUT2D eigenvalue weighted by Gasteiger charge is 2.27. The molecule has 0 radical (unpaired) electrons. The third-order valence-corrected chi connectivity index (χ3v) is 5.68. The maximum Gasteiger partial charge on any atom is 0.163 e. The molecule has 1 aliphatic rings. The SMILES string of the molecule is CC[C@H](COC)n1nnc2c(N3CCc4cc(Br)cc(C)c43)nc(C)cc21. The third kappa shape index (κ3) is 3.12. The number of fused-ring (bicyclic) bond motifs is 2. The predicted octanol–water partition coefficient (Wildman–Crippen LogP) is 4.50. The second-order valence-electron chi connectivity index (χ2n) is 7.14. The Kier molecular flexibility index (Phi) is 4.90. The third-order valence-electron chi connectivity index (χ3n) is 5.22. The van der Waals surface area contributed by atoms with Gasteiger partial charge in [0.2, 0.25) is 0 Å². The second kappa shape index (κ2) is 7.20. The number of aryl methyl sites for hydroxylation is 2. The highest BCUT2D eigenvalue weighted by molar-refractivity contribution is 9.10. The molecule has 1 aliphatic heterocycles. The van der Waals surface area contributed by atoms with E-state index in [4.69, 9.17) is 9.72 Å². The number of benzene rings is 1. The minimum Gasteiger partial charge on any atom is -0.382 e. The Bertz CT molecular complexity index is 1000. The van der Waals surface area contributed by atoms with Crippen LogP contribution in [-0.2, 0) is 11.2 Å². The van der Waals surface area contributed by atoms with E-state index in [2.05, 4.69) is 63.2 Å². The Hall–Kier alpha value is -1.99. The molecule has 0 bridgehead atoms. The Morgan fingerprint density at radius 1 is 1.26 bits per heavy atom. The van der Waals surface area contributed by atoms with Crippen molar-refractivity contribution in [3.8, 4) is 0 Å². The number of methoxy groups -OCH3 is 1. The summed E-state index contributed by atoms with van der Waals surface area (Å²) in [7, 11) is 1.72. The van der Waals surface area contributed by atoms with Gasteiger partial charge in [-0.25, -0.2) is 9.67 Å². The number of hydrogen-bond acceptors (Lipinski definition) is 5. The lowest BCUT2D eigenvalue weighted by atomic mass is 10.1. The smallest absolute Gasteiger partial charge is 0.163 e. The Morgan fingerprint density at radius 2 is 2.07 bits per heavy atom. The minimum atomic E-state index is 0.165. The van der Waals surface area contributed by atoms with E-state index in [-0.39, 0.29) is 6.04 Å². The molecular formula is C20H24BrN5O. The summed E-state index contributed by atoms with van der Waals surface area (Å²) >= 11 is 3.61. The van der Waals surface area contributed by atoms with Crippen molar-refractivity contribution in [3.05, 3.63) is 39.5 Å². The fourth-order valence-electron chi connectivity index (χ4n) is 3.99. The van der Waals surface area contributed by atoms with E-state index in [1.807, 2.05) is 11.6 Å². The van der Waals surface area contributed by atoms with Crippen molar-refractivity contribution in [2.45, 2.75) is 39.7 Å². The molecule has 4 rings (SSSR count). The first kappa shape index (κ1) is 18.4. The van der Waals surface area contributed by atoms with Gasteiger partial charge in [-0.15, -0.1) is 5.10 Å². The number of rotatable bonds is 5. The maximum atomic E-state index is 5.38. The molecule has 1 atom stereocenters. The molecule has 0 N–H and O–H groups in total. The molecule has 2 aromatic heterocycles. The van der Waals surface area contributed by atoms with Crippen molar-refractivity contribution in [2.75, 3.05) is 25.2 Å². The molecule has 0 fully saturated rings. The summed E-state index contributed by atoms with van der Waals surface area (Å²) in [5.41, 5.74) is 6.67. The fraction of sp³-hybridized carbons (Fsp3) is 0.450. The molecule has 0 saturated carbocycles. The molecular weight excluding hydrogens is 406 g/mol. The van der Waals surface area contributed by atoms with E-state index in [0.29, 0.717) is 6.61 Å². The second-order valence-corrected chi connectivity index (χ2v) is 8.05. The van der Waals surface area contributed by atoms with Gasteiger partial charge in [-0.3, -0.25) is 0 Å². The van der Waals surface area contributed by atoms with E-state index >= 15 is 0 Å². The molecule has 0 unspecified atom stereocenters. The van der Waals surface area contributed by atoms with Gasteiger partial charge in [0.25, 0.3) is 0 Å². The number of anilines is 2. The minimum absolute atomic E-state index is 0.165. The number of pyridine rings is 1. The molecule has 1 aromatic carbocycles. The molecule has 7 heteroatoms. The van der Waals surface area contributed by atoms with E-state index in [1.165, 1.54) is 16.8 Å². The first-order chi connectivity index (χ1) is 13.0. The normalized spacial score (nSPS) is 14.8. The number of nitrogens with zero attached hydrogens (tertiary/aromatic N) is 5. The van der Waals surface area contributed by atoms with Gasteiger partial charge < -0.3 is 9.64 Å². The number of ether oxygens (including phenoxy) is 1. The number of hydrogen-bond donors (Lipinski definition) is 0. The molecule has 0 saturated heterocycles. The first-order valence-electron chi connectivity index (χ1n) is 9.31. The van der Waals surface area contributed by atoms with Crippen LogP contribution in [-0.4, -0.2) is 40.2 Å². The fourth-order valence-corrected chi connectivity index (χ4v) is 4.61. The zero-order valence-electron chi connectivity index (χ0n) is 16.2. The molecule has 0 amide bonds. The van der Waals surface area contributed by atoms with Gasteiger partial charge in [0.05, 0.1) is 18.2 Å². The van der Waals surface area contributed by atoms with Crippen molar-refractivity contribution in [1.29, 1.82) is 0 Å². The van der Waals surface area contributed by atoms with Crippen LogP contribution in [0.5, 0.6) is 0 Å². The zero-order valence-corrected chi connectivity index (χ0v) is 17.7. The van der Waals surface area contributed by atoms with Gasteiger partial charge >= 0.3 is 0 Å². The summed E-state index contributed by atoms with van der Waals surface area (Å²) in [6.45, 7) is 7.84. The number of halogens is 1. The number of aromatic nitrogens is 4. The van der Waals surface area contributed by atoms with Crippen molar-refractivity contribution in [3.63, 3.8) is 0 Å². The van der Waals surface area contributed by atoms with Gasteiger partial charge in [-0.05, 0) is 56.0 Å². The predicted molar refractivity (Wildman–Crippen MR) is 111 cm³/mol. The molecule has 0 aliphatic carbocycles. The van der Waals surface area contributed by atoms with E-state index in [1.54, 1.807) is 7.11 Å². The van der Waals surface area contributed by atoms with Crippen LogP contribution in [0, 0.1) is 13.8 Å². The van der Waals surface area contributed by atoms with Gasteiger partial charge in [0.15, 0.2) is 11.3 Å². The average molecular weight is 430 g/mol. The Morgan fingerprint density at radius 3 is 2.81 bits per heavy atom. The van der Waals surface area contributed by atoms with Crippen LogP contribution in [0.25, 0.3) is 11.0 Å². The first-order valence-corrected chi connectivity index (χ1v) is 10.1. The standard InChI is InChI=1S/C20H24BrN5O/c1-5-16(11-27-4)26-17-9-13(3)22-20(18(17)23-24-26)25-7-6-14-10-15(21)8-12(2)19(14)25/h8-10,16H,5-7,11H2,1-4H3/t16-/m1/s1. The topological polar surface area (TPSA) is 56.1 Å². The zero-order chi connectivity index (χ0) is 19.1. The van der Waals surface area contributed by atoms with Gasteiger partial charge in [-0.2, -0.15) is 0 Å². The van der Waals surface area contributed by atoms with Gasteiger partial charge in [0.1, 0.15) is 0 Å². The van der Waals surface area contributed by atoms with E-state index in [0.717, 1.165) is 46.4 Å². The van der Waals surface area contributed by atoms with Crippen LogP contribution >= 0.6 is 15.9 Å². The van der Waals surface area contributed by atoms with Crippen molar-refractivity contribution >= 4 is 38.5 Å². The van der Waals surface area contributed by atoms with Crippen molar-refractivity contribution in [2.24, 2.45) is 0 Å². The van der Waals surface area contributed by atoms with Gasteiger partial charge in [-0.1, -0.05) is 28.1 Å². The van der Waals surface area contributed by atoms with Gasteiger partial charge in [0, 0.05) is 29.5 Å². The maximum absolute atomic E-state index is 5.38.